The molecule has 1 saturated heterocycles. The molecule has 6 heteroatoms. The third-order valence-electron chi connectivity index (χ3n) is 4.51. The fourth-order valence-corrected chi connectivity index (χ4v) is 3.79. The molecule has 1 fully saturated rings. The highest BCUT2D eigenvalue weighted by Gasteiger charge is 2.51. The smallest absolute Gasteiger partial charge is 0.399 e. The third-order valence-corrected chi connectivity index (χ3v) is 6.31. The van der Waals surface area contributed by atoms with Gasteiger partial charge in [0.2, 0.25) is 0 Å². The van der Waals surface area contributed by atoms with Crippen molar-refractivity contribution in [3.63, 3.8) is 0 Å². The predicted octanol–water partition coefficient (Wildman–Crippen LogP) is 2.56. The standard InChI is InChI=1S/C16H25BO4S/c1-6-7-11-22(18,19)14-10-8-9-13(12-14)17-20-15(2,3)16(4,5)21-17/h8-10,12H,6-7,11H2,1-5H3. The van der Waals surface area contributed by atoms with Crippen LogP contribution in [0.5, 0.6) is 0 Å². The lowest BCUT2D eigenvalue weighted by Crippen LogP contribution is -2.41. The van der Waals surface area contributed by atoms with Gasteiger partial charge in [0.05, 0.1) is 21.9 Å². The molecule has 0 saturated carbocycles. The van der Waals surface area contributed by atoms with Crippen LogP contribution in [0, 0.1) is 0 Å². The van der Waals surface area contributed by atoms with E-state index in [0.717, 1.165) is 11.9 Å². The highest BCUT2D eigenvalue weighted by atomic mass is 32.2. The average molecular weight is 324 g/mol. The Labute approximate surface area is 134 Å². The van der Waals surface area contributed by atoms with Crippen LogP contribution in [0.3, 0.4) is 0 Å². The summed E-state index contributed by atoms with van der Waals surface area (Å²) in [6.45, 7) is 9.91. The minimum absolute atomic E-state index is 0.177. The van der Waals surface area contributed by atoms with E-state index in [9.17, 15) is 8.42 Å². The van der Waals surface area contributed by atoms with Gasteiger partial charge in [-0.1, -0.05) is 25.5 Å². The maximum atomic E-state index is 12.3. The molecule has 0 spiro atoms. The SMILES string of the molecule is CCCCS(=O)(=O)c1cccc(B2OC(C)(C)C(C)(C)O2)c1. The summed E-state index contributed by atoms with van der Waals surface area (Å²) in [7, 11) is -3.78. The summed E-state index contributed by atoms with van der Waals surface area (Å²) in [5.74, 6) is 0.177. The number of sulfone groups is 1. The van der Waals surface area contributed by atoms with Crippen LogP contribution >= 0.6 is 0 Å². The first-order chi connectivity index (χ1) is 10.1. The molecule has 1 aromatic rings. The monoisotopic (exact) mass is 324 g/mol. The third kappa shape index (κ3) is 3.39. The van der Waals surface area contributed by atoms with E-state index >= 15 is 0 Å². The minimum atomic E-state index is -3.24. The number of unbranched alkanes of at least 4 members (excludes halogenated alkanes) is 1. The van der Waals surface area contributed by atoms with Gasteiger partial charge in [0.15, 0.2) is 9.84 Å². The maximum absolute atomic E-state index is 12.3. The lowest BCUT2D eigenvalue weighted by atomic mass is 9.79. The van der Waals surface area contributed by atoms with E-state index in [4.69, 9.17) is 9.31 Å². The molecule has 122 valence electrons. The quantitative estimate of drug-likeness (QED) is 0.781. The highest BCUT2D eigenvalue weighted by Crippen LogP contribution is 2.36. The van der Waals surface area contributed by atoms with Crippen LogP contribution in [0.25, 0.3) is 0 Å². The first kappa shape index (κ1) is 17.5. The van der Waals surface area contributed by atoms with Crippen LogP contribution < -0.4 is 5.46 Å². The number of hydrogen-bond donors (Lipinski definition) is 0. The zero-order chi connectivity index (χ0) is 16.6. The number of benzene rings is 1. The van der Waals surface area contributed by atoms with Gasteiger partial charge in [-0.3, -0.25) is 0 Å². The molecule has 22 heavy (non-hydrogen) atoms. The normalized spacial score (nSPS) is 20.3. The molecular formula is C16H25BO4S. The Morgan fingerprint density at radius 1 is 1.09 bits per heavy atom. The molecule has 0 N–H and O–H groups in total. The van der Waals surface area contributed by atoms with Crippen molar-refractivity contribution in [1.29, 1.82) is 0 Å². The van der Waals surface area contributed by atoms with Crippen molar-refractivity contribution in [2.75, 3.05) is 5.75 Å². The predicted molar refractivity (Wildman–Crippen MR) is 89.1 cm³/mol. The molecule has 0 atom stereocenters. The van der Waals surface area contributed by atoms with Crippen molar-refractivity contribution < 1.29 is 17.7 Å². The molecule has 1 heterocycles. The highest BCUT2D eigenvalue weighted by molar-refractivity contribution is 7.91. The van der Waals surface area contributed by atoms with Crippen LogP contribution in [-0.2, 0) is 19.1 Å². The van der Waals surface area contributed by atoms with Crippen LogP contribution in [0.2, 0.25) is 0 Å². The van der Waals surface area contributed by atoms with E-state index < -0.39 is 28.2 Å². The molecule has 4 nitrogen and oxygen atoms in total. The molecule has 0 radical (unpaired) electrons. The Balaban J connectivity index is 2.27. The summed E-state index contributed by atoms with van der Waals surface area (Å²) in [5.41, 5.74) is -0.125. The van der Waals surface area contributed by atoms with Crippen LogP contribution in [0.4, 0.5) is 0 Å². The Bertz CT molecular complexity index is 621. The number of hydrogen-bond acceptors (Lipinski definition) is 4. The zero-order valence-electron chi connectivity index (χ0n) is 14.0. The van der Waals surface area contributed by atoms with Gasteiger partial charge < -0.3 is 9.31 Å². The van der Waals surface area contributed by atoms with E-state index in [2.05, 4.69) is 0 Å². The van der Waals surface area contributed by atoms with Crippen molar-refractivity contribution in [2.45, 2.75) is 63.6 Å². The molecule has 1 aromatic carbocycles. The fraction of sp³-hybridized carbons (Fsp3) is 0.625. The van der Waals surface area contributed by atoms with Gasteiger partial charge in [-0.15, -0.1) is 0 Å². The minimum Gasteiger partial charge on any atom is -0.399 e. The fourth-order valence-electron chi connectivity index (χ4n) is 2.29. The van der Waals surface area contributed by atoms with Gasteiger partial charge in [-0.05, 0) is 51.7 Å². The molecule has 1 aliphatic rings. The average Bonchev–Trinajstić information content (AvgIpc) is 2.65. The second kappa shape index (κ2) is 5.98. The summed E-state index contributed by atoms with van der Waals surface area (Å²) in [6, 6.07) is 6.91. The van der Waals surface area contributed by atoms with E-state index in [1.807, 2.05) is 40.7 Å². The van der Waals surface area contributed by atoms with Gasteiger partial charge >= 0.3 is 7.12 Å². The van der Waals surface area contributed by atoms with Crippen LogP contribution in [0.1, 0.15) is 47.5 Å². The van der Waals surface area contributed by atoms with Crippen LogP contribution in [-0.4, -0.2) is 32.5 Å². The zero-order valence-corrected chi connectivity index (χ0v) is 14.9. The molecular weight excluding hydrogens is 299 g/mol. The molecule has 2 rings (SSSR count). The maximum Gasteiger partial charge on any atom is 0.494 e. The van der Waals surface area contributed by atoms with Gasteiger partial charge in [-0.25, -0.2) is 8.42 Å². The second-order valence-electron chi connectivity index (χ2n) is 6.83. The van der Waals surface area contributed by atoms with Gasteiger partial charge in [0.25, 0.3) is 0 Å². The van der Waals surface area contributed by atoms with Crippen molar-refractivity contribution in [2.24, 2.45) is 0 Å². The topological polar surface area (TPSA) is 52.6 Å². The number of rotatable bonds is 5. The summed E-state index contributed by atoms with van der Waals surface area (Å²) in [6.07, 6.45) is 1.53. The molecule has 0 aromatic heterocycles. The Kier molecular flexibility index (Phi) is 4.76. The molecule has 1 aliphatic heterocycles. The van der Waals surface area contributed by atoms with Crippen molar-refractivity contribution >= 4 is 22.4 Å². The lowest BCUT2D eigenvalue weighted by molar-refractivity contribution is 0.00578. The van der Waals surface area contributed by atoms with E-state index in [0.29, 0.717) is 11.3 Å². The Morgan fingerprint density at radius 2 is 1.68 bits per heavy atom. The summed E-state index contributed by atoms with van der Waals surface area (Å²) in [4.78, 5) is 0.341. The largest absolute Gasteiger partial charge is 0.494 e. The molecule has 0 amide bonds. The Hall–Kier alpha value is -0.845. The van der Waals surface area contributed by atoms with Crippen molar-refractivity contribution in [1.82, 2.24) is 0 Å². The van der Waals surface area contributed by atoms with Gasteiger partial charge in [-0.2, -0.15) is 0 Å². The van der Waals surface area contributed by atoms with Gasteiger partial charge in [0, 0.05) is 0 Å². The first-order valence-corrected chi connectivity index (χ1v) is 9.43. The summed E-state index contributed by atoms with van der Waals surface area (Å²) >= 11 is 0. The Morgan fingerprint density at radius 3 is 2.23 bits per heavy atom. The summed E-state index contributed by atoms with van der Waals surface area (Å²) < 4.78 is 36.6. The second-order valence-corrected chi connectivity index (χ2v) is 8.94. The first-order valence-electron chi connectivity index (χ1n) is 7.77. The van der Waals surface area contributed by atoms with Crippen LogP contribution in [0.15, 0.2) is 29.2 Å². The van der Waals surface area contributed by atoms with E-state index in [1.165, 1.54) is 0 Å². The van der Waals surface area contributed by atoms with Crippen molar-refractivity contribution in [3.05, 3.63) is 24.3 Å². The summed E-state index contributed by atoms with van der Waals surface area (Å²) in [5, 5.41) is 0. The molecule has 0 aliphatic carbocycles. The lowest BCUT2D eigenvalue weighted by Gasteiger charge is -2.32. The van der Waals surface area contributed by atoms with E-state index in [1.54, 1.807) is 18.2 Å². The molecule has 0 bridgehead atoms. The van der Waals surface area contributed by atoms with E-state index in [-0.39, 0.29) is 5.75 Å². The van der Waals surface area contributed by atoms with Crippen molar-refractivity contribution in [3.8, 4) is 0 Å². The van der Waals surface area contributed by atoms with Gasteiger partial charge in [0.1, 0.15) is 0 Å². The molecule has 0 unspecified atom stereocenters.